The molecule has 2 heterocycles. The molecule has 1 aromatic heterocycles. The Bertz CT molecular complexity index is 504. The number of nitrogens with one attached hydrogen (secondary N) is 1. The number of ether oxygens (including phenoxy) is 1. The number of nitrogens with two attached hydrogens (primary N) is 1. The lowest BCUT2D eigenvalue weighted by molar-refractivity contribution is -0.720. The molecule has 1 saturated heterocycles. The highest BCUT2D eigenvalue weighted by molar-refractivity contribution is 7.52. The topological polar surface area (TPSA) is 119 Å². The Balaban J connectivity index is 2.03. The van der Waals surface area contributed by atoms with E-state index in [0.29, 0.717) is 0 Å². The van der Waals surface area contributed by atoms with Crippen LogP contribution in [0.5, 0.6) is 0 Å². The van der Waals surface area contributed by atoms with Crippen LogP contribution in [0.25, 0.3) is 0 Å². The van der Waals surface area contributed by atoms with Crippen molar-refractivity contribution in [2.24, 2.45) is 0 Å². The molecule has 0 radical (unpaired) electrons. The minimum absolute atomic E-state index is 0.0232. The largest absolute Gasteiger partial charge is 0.497 e. The fourth-order valence-electron chi connectivity index (χ4n) is 1.43. The molecule has 1 aliphatic heterocycles. The number of nitrogen functional groups attached to an aromatic ring is 1. The Labute approximate surface area is 96.5 Å². The second-order valence-electron chi connectivity index (χ2n) is 3.70. The van der Waals surface area contributed by atoms with E-state index in [1.807, 2.05) is 0 Å². The van der Waals surface area contributed by atoms with Crippen molar-refractivity contribution in [1.82, 2.24) is 4.98 Å². The average molecular weight is 262 g/mol. The van der Waals surface area contributed by atoms with Gasteiger partial charge in [0.2, 0.25) is 0 Å². The maximum atomic E-state index is 11.5. The van der Waals surface area contributed by atoms with Gasteiger partial charge in [0.05, 0.1) is 6.61 Å². The molecule has 2 unspecified atom stereocenters. The van der Waals surface area contributed by atoms with Crippen LogP contribution >= 0.6 is 7.60 Å². The molecule has 8 nitrogen and oxygen atoms in total. The van der Waals surface area contributed by atoms with E-state index in [0.717, 1.165) is 0 Å². The van der Waals surface area contributed by atoms with Gasteiger partial charge in [0.1, 0.15) is 25.2 Å². The molecule has 0 amide bonds. The van der Waals surface area contributed by atoms with Crippen molar-refractivity contribution in [2.45, 2.75) is 12.6 Å². The first-order valence-electron chi connectivity index (χ1n) is 4.92. The lowest BCUT2D eigenvalue weighted by atomic mass is 10.3. The first-order chi connectivity index (χ1) is 7.96. The van der Waals surface area contributed by atoms with E-state index < -0.39 is 13.7 Å². The van der Waals surface area contributed by atoms with E-state index in [4.69, 9.17) is 19.9 Å². The Morgan fingerprint density at radius 3 is 3.06 bits per heavy atom. The van der Waals surface area contributed by atoms with Gasteiger partial charge in [-0.2, -0.15) is 14.3 Å². The van der Waals surface area contributed by atoms with Crippen molar-refractivity contribution in [3.8, 4) is 0 Å². The highest BCUT2D eigenvalue weighted by Crippen LogP contribution is 2.44. The second kappa shape index (κ2) is 4.58. The molecule has 0 aromatic carbocycles. The van der Waals surface area contributed by atoms with Crippen molar-refractivity contribution in [1.29, 1.82) is 0 Å². The lowest BCUT2D eigenvalue weighted by Crippen LogP contribution is -2.55. The van der Waals surface area contributed by atoms with Gasteiger partial charge >= 0.3 is 13.3 Å². The molecule has 0 spiro atoms. The van der Waals surface area contributed by atoms with Crippen LogP contribution in [0, 0.1) is 0 Å². The molecule has 2 rings (SSSR count). The number of anilines is 1. The van der Waals surface area contributed by atoms with E-state index in [2.05, 4.69) is 4.98 Å². The van der Waals surface area contributed by atoms with E-state index in [1.165, 1.54) is 10.8 Å². The van der Waals surface area contributed by atoms with Crippen molar-refractivity contribution < 1.29 is 23.3 Å². The Hall–Kier alpha value is -1.21. The molecule has 9 heteroatoms. The summed E-state index contributed by atoms with van der Waals surface area (Å²) >= 11 is 0. The third kappa shape index (κ3) is 3.13. The summed E-state index contributed by atoms with van der Waals surface area (Å²) in [6.45, 7) is 0.209. The highest BCUT2D eigenvalue weighted by Gasteiger charge is 2.31. The average Bonchev–Trinajstić information content (AvgIpc) is 2.25. The number of aromatic amines is 1. The molecule has 1 aromatic rings. The van der Waals surface area contributed by atoms with Crippen LogP contribution in [0.3, 0.4) is 0 Å². The zero-order valence-corrected chi connectivity index (χ0v) is 9.80. The van der Waals surface area contributed by atoms with Crippen molar-refractivity contribution in [3.63, 3.8) is 0 Å². The van der Waals surface area contributed by atoms with Crippen LogP contribution in [0.2, 0.25) is 0 Å². The van der Waals surface area contributed by atoms with Crippen molar-refractivity contribution >= 4 is 13.4 Å². The summed E-state index contributed by atoms with van der Waals surface area (Å²) in [6, 6.07) is 1.54. The van der Waals surface area contributed by atoms with Gasteiger partial charge < -0.3 is 19.9 Å². The predicted molar refractivity (Wildman–Crippen MR) is 57.2 cm³/mol. The number of hydrogen-bond donors (Lipinski definition) is 3. The quantitative estimate of drug-likeness (QED) is 0.455. The van der Waals surface area contributed by atoms with E-state index in [9.17, 15) is 9.36 Å². The minimum Gasteiger partial charge on any atom is -0.366 e. The van der Waals surface area contributed by atoms with Gasteiger partial charge in [-0.05, 0) is 0 Å². The van der Waals surface area contributed by atoms with Crippen LogP contribution in [0.4, 0.5) is 5.82 Å². The number of rotatable bonds is 2. The molecule has 1 aliphatic rings. The standard InChI is InChI=1S/C8H12N3O5P/c9-7-1-2-11(8(12)10-7)3-6-4-16-17(13,14)5-15-6/h1-2,6H,3-5H2,(H3,9,10,12,13,14)/p+1. The third-order valence-corrected chi connectivity index (χ3v) is 3.31. The molecule has 94 valence electrons. The molecule has 4 N–H and O–H groups in total. The van der Waals surface area contributed by atoms with Gasteiger partial charge in [-0.1, -0.05) is 0 Å². The number of H-pyrrole nitrogens is 1. The SMILES string of the molecule is Nc1cc[n+](CC2COP(=O)(O)CO2)c(=O)[nH]1. The molecule has 1 fully saturated rings. The normalized spacial score (nSPS) is 29.1. The van der Waals surface area contributed by atoms with Crippen LogP contribution in [-0.4, -0.2) is 28.9 Å². The summed E-state index contributed by atoms with van der Waals surface area (Å²) in [5.41, 5.74) is 5.03. The summed E-state index contributed by atoms with van der Waals surface area (Å²) in [4.78, 5) is 23.0. The number of nitrogens with zero attached hydrogens (tertiary/aromatic N) is 1. The Morgan fingerprint density at radius 1 is 1.71 bits per heavy atom. The minimum atomic E-state index is -3.59. The highest BCUT2D eigenvalue weighted by atomic mass is 31.2. The van der Waals surface area contributed by atoms with Crippen LogP contribution in [0.15, 0.2) is 17.1 Å². The van der Waals surface area contributed by atoms with Crippen molar-refractivity contribution in [2.75, 3.05) is 18.7 Å². The maximum absolute atomic E-state index is 11.5. The van der Waals surface area contributed by atoms with Gasteiger partial charge in [-0.15, -0.1) is 0 Å². The Morgan fingerprint density at radius 2 is 2.47 bits per heavy atom. The van der Waals surface area contributed by atoms with E-state index in [-0.39, 0.29) is 31.0 Å². The number of hydrogen-bond acceptors (Lipinski definition) is 5. The van der Waals surface area contributed by atoms with E-state index in [1.54, 1.807) is 6.07 Å². The summed E-state index contributed by atoms with van der Waals surface area (Å²) in [5, 5.41) is 0. The summed E-state index contributed by atoms with van der Waals surface area (Å²) in [6.07, 6.45) is 0.731. The van der Waals surface area contributed by atoms with Crippen LogP contribution < -0.4 is 16.0 Å². The molecular formula is C8H13N3O5P+. The van der Waals surface area contributed by atoms with Crippen LogP contribution in [-0.2, 0) is 20.4 Å². The first-order valence-corrected chi connectivity index (χ1v) is 6.69. The fraction of sp³-hybridized carbons (Fsp3) is 0.500. The third-order valence-electron chi connectivity index (χ3n) is 2.28. The van der Waals surface area contributed by atoms with E-state index >= 15 is 0 Å². The monoisotopic (exact) mass is 262 g/mol. The number of aromatic nitrogens is 2. The summed E-state index contributed by atoms with van der Waals surface area (Å²) < 4.78 is 22.3. The molecule has 17 heavy (non-hydrogen) atoms. The van der Waals surface area contributed by atoms with Crippen LogP contribution in [0.1, 0.15) is 0 Å². The molecule has 0 saturated carbocycles. The van der Waals surface area contributed by atoms with Gasteiger partial charge in [-0.3, -0.25) is 4.57 Å². The lowest BCUT2D eigenvalue weighted by Gasteiger charge is -2.24. The molecular weight excluding hydrogens is 249 g/mol. The first kappa shape index (κ1) is 12.3. The Kier molecular flexibility index (Phi) is 3.30. The van der Waals surface area contributed by atoms with Gasteiger partial charge in [0.15, 0.2) is 5.82 Å². The molecule has 2 atom stereocenters. The van der Waals surface area contributed by atoms with Gasteiger partial charge in [0.25, 0.3) is 0 Å². The smallest absolute Gasteiger partial charge is 0.366 e. The van der Waals surface area contributed by atoms with Gasteiger partial charge in [0, 0.05) is 6.07 Å². The zero-order valence-electron chi connectivity index (χ0n) is 8.91. The zero-order chi connectivity index (χ0) is 12.5. The predicted octanol–water partition coefficient (Wildman–Crippen LogP) is -1.20. The molecule has 0 bridgehead atoms. The fourth-order valence-corrected chi connectivity index (χ4v) is 2.30. The maximum Gasteiger partial charge on any atom is 0.497 e. The summed E-state index contributed by atoms with van der Waals surface area (Å²) in [7, 11) is -3.59. The molecule has 0 aliphatic carbocycles. The van der Waals surface area contributed by atoms with Gasteiger partial charge in [-0.25, -0.2) is 0 Å². The summed E-state index contributed by atoms with van der Waals surface area (Å²) in [5.74, 6) is 0.270. The second-order valence-corrected chi connectivity index (χ2v) is 5.50. The van der Waals surface area contributed by atoms with Crippen molar-refractivity contribution in [3.05, 3.63) is 22.7 Å².